The van der Waals surface area contributed by atoms with E-state index in [1.54, 1.807) is 28.8 Å². The number of piperazine rings is 1. The van der Waals surface area contributed by atoms with Crippen molar-refractivity contribution in [1.29, 1.82) is 0 Å². The number of anilines is 3. The number of aromatic nitrogens is 4. The molecule has 3 fully saturated rings. The van der Waals surface area contributed by atoms with Crippen LogP contribution in [0.3, 0.4) is 0 Å². The number of β-amino-alcohol motifs (C(OH)–C–C–N with tert-alkyl or cyclic N) is 1. The van der Waals surface area contributed by atoms with Crippen LogP contribution in [0.4, 0.5) is 17.5 Å². The number of hydrogen-bond donors (Lipinski definition) is 3. The molecule has 3 amide bonds. The van der Waals surface area contributed by atoms with Gasteiger partial charge in [0.1, 0.15) is 17.5 Å². The van der Waals surface area contributed by atoms with Crippen molar-refractivity contribution in [2.75, 3.05) is 49.5 Å². The number of aliphatic hydroxyl groups excluding tert-OH is 1. The van der Waals surface area contributed by atoms with Crippen molar-refractivity contribution in [3.05, 3.63) is 46.0 Å². The minimum absolute atomic E-state index is 0.000909. The summed E-state index contributed by atoms with van der Waals surface area (Å²) in [4.78, 5) is 84.5. The first-order chi connectivity index (χ1) is 27.7. The van der Waals surface area contributed by atoms with Crippen LogP contribution in [0.5, 0.6) is 0 Å². The van der Waals surface area contributed by atoms with Gasteiger partial charge >= 0.3 is 0 Å². The zero-order chi connectivity index (χ0) is 41.6. The summed E-state index contributed by atoms with van der Waals surface area (Å²) in [6.07, 6.45) is 12.5. The Hall–Kier alpha value is -4.92. The van der Waals surface area contributed by atoms with Crippen molar-refractivity contribution in [2.24, 2.45) is 5.41 Å². The number of carbonyl (C=O) groups excluding carboxylic acids is 4. The Morgan fingerprint density at radius 1 is 0.879 bits per heavy atom. The molecule has 3 aliphatic rings. The summed E-state index contributed by atoms with van der Waals surface area (Å²) < 4.78 is 1.70. The number of likely N-dealkylation sites (tertiary alicyclic amines) is 1. The smallest absolute Gasteiger partial charge is 0.263 e. The molecule has 5 heterocycles. The van der Waals surface area contributed by atoms with E-state index in [1.807, 2.05) is 37.8 Å². The maximum absolute atomic E-state index is 13.5. The quantitative estimate of drug-likeness (QED) is 0.138. The highest BCUT2D eigenvalue weighted by Gasteiger charge is 2.38. The summed E-state index contributed by atoms with van der Waals surface area (Å²) in [5, 5.41) is 16.7. The third-order valence-electron chi connectivity index (χ3n) is 11.9. The molecule has 2 atom stereocenters. The molecule has 0 aromatic carbocycles. The number of hydrogen-bond acceptors (Lipinski definition) is 11. The van der Waals surface area contributed by atoms with Crippen LogP contribution in [-0.4, -0.2) is 109 Å². The second-order valence-electron chi connectivity index (χ2n) is 17.4. The first-order valence-electron chi connectivity index (χ1n) is 21.2. The zero-order valence-corrected chi connectivity index (χ0v) is 34.9. The number of fused-ring (bicyclic) bond motifs is 1. The molecule has 58 heavy (non-hydrogen) atoms. The van der Waals surface area contributed by atoms with Gasteiger partial charge in [0, 0.05) is 69.7 Å². The molecule has 3 aromatic heterocycles. The Bertz CT molecular complexity index is 2010. The van der Waals surface area contributed by atoms with E-state index >= 15 is 0 Å². The van der Waals surface area contributed by atoms with Crippen molar-refractivity contribution in [2.45, 2.75) is 130 Å². The third kappa shape index (κ3) is 10.2. The molecular formula is C43H61N9O6. The molecule has 0 bridgehead atoms. The summed E-state index contributed by atoms with van der Waals surface area (Å²) in [6, 6.07) is 3.22. The second kappa shape index (κ2) is 18.8. The first-order valence-corrected chi connectivity index (χ1v) is 21.2. The van der Waals surface area contributed by atoms with Crippen molar-refractivity contribution >= 4 is 52.0 Å². The zero-order valence-electron chi connectivity index (χ0n) is 34.9. The SMILES string of the molecule is CC(=O)c1c(C)c2cnc(Nc3ccc(N4CCN(C(=O)CCCCCCCC(=O)N[C@H](C(=O)N5CC[C@@H](O)C5)C(C)(C)C)CC4)cn3)nc2n(C2CCCC2)c1=O. The first kappa shape index (κ1) is 42.7. The normalized spacial score (nSPS) is 18.2. The van der Waals surface area contributed by atoms with Gasteiger partial charge in [0.25, 0.3) is 5.56 Å². The maximum Gasteiger partial charge on any atom is 0.263 e. The summed E-state index contributed by atoms with van der Waals surface area (Å²) in [6.45, 7) is 12.6. The Morgan fingerprint density at radius 2 is 1.57 bits per heavy atom. The van der Waals surface area contributed by atoms with E-state index in [-0.39, 0.29) is 40.7 Å². The van der Waals surface area contributed by atoms with Crippen molar-refractivity contribution in [1.82, 2.24) is 34.6 Å². The summed E-state index contributed by atoms with van der Waals surface area (Å²) in [5.41, 5.74) is 1.57. The number of amides is 3. The van der Waals surface area contributed by atoms with Gasteiger partial charge in [-0.15, -0.1) is 0 Å². The standard InChI is InChI=1S/C43H61N9O6/c1-28-33-26-45-42(48-39(33)52(30-13-11-12-14-30)40(57)37(28)29(2)53)46-34-18-17-31(25-44-34)49-21-23-50(24-22-49)36(56)16-10-8-6-7-9-15-35(55)47-38(43(3,4)5)41(58)51-20-19-32(54)27-51/h17-18,25-26,30,32,38,54H,6-16,19-24,27H2,1-5H3,(H,47,55)(H,44,45,46,48)/t32-,38-/m1/s1. The van der Waals surface area contributed by atoms with Crippen LogP contribution in [0.15, 0.2) is 29.3 Å². The molecule has 0 radical (unpaired) electrons. The van der Waals surface area contributed by atoms with Crippen molar-refractivity contribution in [3.63, 3.8) is 0 Å². The number of ketones is 1. The van der Waals surface area contributed by atoms with Gasteiger partial charge in [-0.3, -0.25) is 28.5 Å². The molecular weight excluding hydrogens is 739 g/mol. The second-order valence-corrected chi connectivity index (χ2v) is 17.4. The summed E-state index contributed by atoms with van der Waals surface area (Å²) >= 11 is 0. The fourth-order valence-corrected chi connectivity index (χ4v) is 8.54. The molecule has 2 saturated heterocycles. The Labute approximate surface area is 341 Å². The lowest BCUT2D eigenvalue weighted by Gasteiger charge is -2.36. The van der Waals surface area contributed by atoms with Gasteiger partial charge in [0.15, 0.2) is 5.78 Å². The number of Topliss-reactive ketones (excluding diaryl/α,β-unsaturated/α-hetero) is 1. The monoisotopic (exact) mass is 799 g/mol. The lowest BCUT2D eigenvalue weighted by molar-refractivity contribution is -0.139. The Morgan fingerprint density at radius 3 is 2.19 bits per heavy atom. The lowest BCUT2D eigenvalue weighted by atomic mass is 9.85. The summed E-state index contributed by atoms with van der Waals surface area (Å²) in [5.74, 6) is 0.542. The number of unbranched alkanes of at least 4 members (excludes halogenated alkanes) is 4. The number of aliphatic hydroxyl groups is 1. The average Bonchev–Trinajstić information content (AvgIpc) is 3.88. The molecule has 2 aliphatic heterocycles. The van der Waals surface area contributed by atoms with E-state index < -0.39 is 17.6 Å². The van der Waals surface area contributed by atoms with E-state index in [1.165, 1.54) is 6.92 Å². The van der Waals surface area contributed by atoms with Crippen LogP contribution in [0, 0.1) is 12.3 Å². The Kier molecular flexibility index (Phi) is 13.8. The average molecular weight is 800 g/mol. The number of nitrogens with zero attached hydrogens (tertiary/aromatic N) is 7. The van der Waals surface area contributed by atoms with Crippen molar-refractivity contribution < 1.29 is 24.3 Å². The molecule has 3 N–H and O–H groups in total. The van der Waals surface area contributed by atoms with E-state index in [9.17, 15) is 29.1 Å². The third-order valence-corrected chi connectivity index (χ3v) is 11.9. The molecule has 314 valence electrons. The molecule has 15 nitrogen and oxygen atoms in total. The summed E-state index contributed by atoms with van der Waals surface area (Å²) in [7, 11) is 0. The minimum Gasteiger partial charge on any atom is -0.391 e. The lowest BCUT2D eigenvalue weighted by Crippen LogP contribution is -2.54. The molecule has 15 heteroatoms. The van der Waals surface area contributed by atoms with E-state index in [0.29, 0.717) is 86.9 Å². The van der Waals surface area contributed by atoms with E-state index in [2.05, 4.69) is 25.5 Å². The van der Waals surface area contributed by atoms with Gasteiger partial charge in [-0.2, -0.15) is 4.98 Å². The van der Waals surface area contributed by atoms with Gasteiger partial charge in [-0.25, -0.2) is 9.97 Å². The van der Waals surface area contributed by atoms with Crippen LogP contribution >= 0.6 is 0 Å². The van der Waals surface area contributed by atoms with Crippen LogP contribution in [-0.2, 0) is 14.4 Å². The van der Waals surface area contributed by atoms with Crippen LogP contribution in [0.2, 0.25) is 0 Å². The fraction of sp³-hybridized carbons (Fsp3) is 0.628. The predicted molar refractivity (Wildman–Crippen MR) is 223 cm³/mol. The van der Waals surface area contributed by atoms with Crippen molar-refractivity contribution in [3.8, 4) is 0 Å². The maximum atomic E-state index is 13.5. The van der Waals surface area contributed by atoms with E-state index in [4.69, 9.17) is 4.98 Å². The van der Waals surface area contributed by atoms with Gasteiger partial charge in [0.05, 0.1) is 23.6 Å². The highest BCUT2D eigenvalue weighted by Crippen LogP contribution is 2.32. The van der Waals surface area contributed by atoms with Gasteiger partial charge in [-0.1, -0.05) is 52.9 Å². The number of nitrogens with one attached hydrogen (secondary N) is 2. The molecule has 6 rings (SSSR count). The molecule has 0 unspecified atom stereocenters. The number of carbonyl (C=O) groups is 4. The minimum atomic E-state index is -0.629. The molecule has 0 spiro atoms. The number of rotatable bonds is 15. The van der Waals surface area contributed by atoms with Crippen LogP contribution < -0.4 is 21.1 Å². The largest absolute Gasteiger partial charge is 0.391 e. The molecule has 1 aliphatic carbocycles. The fourth-order valence-electron chi connectivity index (χ4n) is 8.54. The predicted octanol–water partition coefficient (Wildman–Crippen LogP) is 5.06. The highest BCUT2D eigenvalue weighted by atomic mass is 16.3. The van der Waals surface area contributed by atoms with Gasteiger partial charge in [0.2, 0.25) is 23.7 Å². The van der Waals surface area contributed by atoms with E-state index in [0.717, 1.165) is 63.5 Å². The van der Waals surface area contributed by atoms with Gasteiger partial charge < -0.3 is 30.4 Å². The van der Waals surface area contributed by atoms with Crippen LogP contribution in [0.25, 0.3) is 11.0 Å². The topological polar surface area (TPSA) is 183 Å². The Balaban J connectivity index is 0.910. The number of aryl methyl sites for hydroxylation is 1. The number of pyridine rings is 2. The molecule has 1 saturated carbocycles. The van der Waals surface area contributed by atoms with Crippen LogP contribution in [0.1, 0.15) is 127 Å². The highest BCUT2D eigenvalue weighted by molar-refractivity contribution is 5.99. The van der Waals surface area contributed by atoms with Gasteiger partial charge in [-0.05, 0) is 69.1 Å². The molecule has 3 aromatic rings.